The van der Waals surface area contributed by atoms with Gasteiger partial charge in [0.15, 0.2) is 0 Å². The average molecular weight is 342 g/mol. The summed E-state index contributed by atoms with van der Waals surface area (Å²) in [6.45, 7) is 0. The zero-order valence-electron chi connectivity index (χ0n) is 7.25. The van der Waals surface area contributed by atoms with Crippen molar-refractivity contribution in [3.63, 3.8) is 0 Å². The van der Waals surface area contributed by atoms with E-state index in [2.05, 4.69) is 15.9 Å². The molecule has 0 heterocycles. The Hall–Kier alpha value is 0.680. The van der Waals surface area contributed by atoms with Gasteiger partial charge in [0.25, 0.3) is 0 Å². The fourth-order valence-corrected chi connectivity index (χ4v) is 2.92. The highest BCUT2D eigenvalue weighted by Crippen LogP contribution is 2.50. The molecule has 2 unspecified atom stereocenters. The molecule has 1 rings (SSSR count). The summed E-state index contributed by atoms with van der Waals surface area (Å²) >= 11 is 4.81. The summed E-state index contributed by atoms with van der Waals surface area (Å²) < 4.78 is 51.7. The van der Waals surface area contributed by atoms with Crippen molar-refractivity contribution >= 4 is 31.9 Å². The van der Waals surface area contributed by atoms with E-state index in [1.54, 1.807) is 15.9 Å². The quantitative estimate of drug-likeness (QED) is 0.510. The highest BCUT2D eigenvalue weighted by molar-refractivity contribution is 9.10. The van der Waals surface area contributed by atoms with Crippen LogP contribution in [0.15, 0.2) is 0 Å². The second-order valence-corrected chi connectivity index (χ2v) is 5.70. The van der Waals surface area contributed by atoms with E-state index in [-0.39, 0.29) is 6.42 Å². The summed E-state index contributed by atoms with van der Waals surface area (Å²) in [5.41, 5.74) is 0. The van der Waals surface area contributed by atoms with Gasteiger partial charge >= 0.3 is 10.8 Å². The van der Waals surface area contributed by atoms with E-state index in [0.717, 1.165) is 6.42 Å². The van der Waals surface area contributed by atoms with Gasteiger partial charge in [-0.3, -0.25) is 0 Å². The summed E-state index contributed by atoms with van der Waals surface area (Å²) in [4.78, 5) is -4.64. The number of rotatable bonds is 2. The van der Waals surface area contributed by atoms with E-state index in [1.807, 2.05) is 0 Å². The minimum absolute atomic E-state index is 0.143. The predicted molar refractivity (Wildman–Crippen MR) is 53.5 cm³/mol. The molecule has 1 aliphatic carbocycles. The molecule has 1 fully saturated rings. The van der Waals surface area contributed by atoms with E-state index >= 15 is 0 Å². The first-order valence-corrected chi connectivity index (χ1v) is 6.06. The summed E-state index contributed by atoms with van der Waals surface area (Å²) in [7, 11) is 0. The maximum Gasteiger partial charge on any atom is 0.363 e. The topological polar surface area (TPSA) is 0 Å². The van der Waals surface area contributed by atoms with Crippen LogP contribution in [0, 0.1) is 5.92 Å². The van der Waals surface area contributed by atoms with Gasteiger partial charge in [-0.05, 0) is 28.8 Å². The van der Waals surface area contributed by atoms with Crippen molar-refractivity contribution < 1.29 is 17.6 Å². The number of hydrogen-bond acceptors (Lipinski definition) is 0. The van der Waals surface area contributed by atoms with E-state index in [9.17, 15) is 17.6 Å². The Morgan fingerprint density at radius 1 is 1.00 bits per heavy atom. The highest BCUT2D eigenvalue weighted by Gasteiger charge is 2.60. The fraction of sp³-hybridized carbons (Fsp3) is 1.00. The third-order valence-corrected chi connectivity index (χ3v) is 4.15. The van der Waals surface area contributed by atoms with Crippen LogP contribution in [-0.4, -0.2) is 15.6 Å². The molecule has 2 atom stereocenters. The van der Waals surface area contributed by atoms with E-state index < -0.39 is 21.5 Å². The largest absolute Gasteiger partial charge is 0.363 e. The van der Waals surface area contributed by atoms with Crippen molar-refractivity contribution in [2.45, 2.75) is 41.3 Å². The Labute approximate surface area is 96.7 Å². The molecular formula is C8H10Br2F4. The van der Waals surface area contributed by atoms with Gasteiger partial charge < -0.3 is 0 Å². The molecular weight excluding hydrogens is 332 g/mol. The summed E-state index contributed by atoms with van der Waals surface area (Å²) in [5.74, 6) is -5.27. The Balaban J connectivity index is 2.79. The maximum atomic E-state index is 13.2. The minimum Gasteiger partial charge on any atom is -0.198 e. The first kappa shape index (κ1) is 12.7. The van der Waals surface area contributed by atoms with Crippen LogP contribution in [-0.2, 0) is 0 Å². The smallest absolute Gasteiger partial charge is 0.198 e. The lowest BCUT2D eigenvalue weighted by atomic mass is 9.84. The van der Waals surface area contributed by atoms with Crippen molar-refractivity contribution in [3.8, 4) is 0 Å². The van der Waals surface area contributed by atoms with E-state index in [0.29, 0.717) is 12.8 Å². The molecule has 0 N–H and O–H groups in total. The lowest BCUT2D eigenvalue weighted by molar-refractivity contribution is -0.185. The number of halogens is 6. The van der Waals surface area contributed by atoms with Crippen molar-refractivity contribution in [3.05, 3.63) is 0 Å². The SMILES string of the molecule is FC(F)(Br)C(F)(F)C1CCCCC1Br. The third kappa shape index (κ3) is 2.43. The van der Waals surface area contributed by atoms with Crippen molar-refractivity contribution in [2.75, 3.05) is 0 Å². The normalized spacial score (nSPS) is 30.4. The molecule has 0 amide bonds. The van der Waals surface area contributed by atoms with Crippen LogP contribution in [0.2, 0.25) is 0 Å². The molecule has 14 heavy (non-hydrogen) atoms. The first-order valence-electron chi connectivity index (χ1n) is 4.35. The standard InChI is InChI=1S/C8H10Br2F4/c9-6-4-2-1-3-5(6)7(11,12)8(10,13)14/h5-6H,1-4H2. The number of hydrogen-bond donors (Lipinski definition) is 0. The Morgan fingerprint density at radius 3 is 1.93 bits per heavy atom. The molecule has 6 heteroatoms. The second-order valence-electron chi connectivity index (χ2n) is 3.53. The van der Waals surface area contributed by atoms with Crippen LogP contribution in [0.3, 0.4) is 0 Å². The Morgan fingerprint density at radius 2 is 1.50 bits per heavy atom. The molecule has 0 spiro atoms. The predicted octanol–water partition coefficient (Wildman–Crippen LogP) is 4.56. The van der Waals surface area contributed by atoms with E-state index in [4.69, 9.17) is 0 Å². The van der Waals surface area contributed by atoms with Gasteiger partial charge in [0.1, 0.15) is 0 Å². The molecule has 1 aliphatic rings. The molecule has 84 valence electrons. The van der Waals surface area contributed by atoms with E-state index in [1.165, 1.54) is 0 Å². The van der Waals surface area contributed by atoms with Gasteiger partial charge in [0, 0.05) is 10.7 Å². The zero-order chi connectivity index (χ0) is 11.0. The third-order valence-electron chi connectivity index (χ3n) is 2.53. The van der Waals surface area contributed by atoms with Crippen molar-refractivity contribution in [1.82, 2.24) is 0 Å². The van der Waals surface area contributed by atoms with Gasteiger partial charge in [-0.2, -0.15) is 17.6 Å². The lowest BCUT2D eigenvalue weighted by Gasteiger charge is -2.35. The van der Waals surface area contributed by atoms with Crippen LogP contribution in [0.4, 0.5) is 17.6 Å². The Bertz CT molecular complexity index is 202. The van der Waals surface area contributed by atoms with Gasteiger partial charge in [-0.1, -0.05) is 28.8 Å². The fourth-order valence-electron chi connectivity index (χ4n) is 1.70. The van der Waals surface area contributed by atoms with Crippen LogP contribution in [0.5, 0.6) is 0 Å². The maximum absolute atomic E-state index is 13.2. The first-order chi connectivity index (χ1) is 6.27. The number of alkyl halides is 6. The summed E-state index contributed by atoms with van der Waals surface area (Å²) in [5, 5.41) is 0. The lowest BCUT2D eigenvalue weighted by Crippen LogP contribution is -2.47. The van der Waals surface area contributed by atoms with Crippen LogP contribution < -0.4 is 0 Å². The average Bonchev–Trinajstić information content (AvgIpc) is 2.02. The van der Waals surface area contributed by atoms with Gasteiger partial charge in [-0.15, -0.1) is 0 Å². The highest BCUT2D eigenvalue weighted by atomic mass is 79.9. The molecule has 1 saturated carbocycles. The van der Waals surface area contributed by atoms with Gasteiger partial charge in [-0.25, -0.2) is 0 Å². The molecule has 0 nitrogen and oxygen atoms in total. The summed E-state index contributed by atoms with van der Waals surface area (Å²) in [6, 6.07) is 0. The monoisotopic (exact) mass is 340 g/mol. The van der Waals surface area contributed by atoms with Crippen molar-refractivity contribution in [2.24, 2.45) is 5.92 Å². The summed E-state index contributed by atoms with van der Waals surface area (Å²) in [6.07, 6.45) is 2.08. The van der Waals surface area contributed by atoms with Crippen LogP contribution >= 0.6 is 31.9 Å². The minimum atomic E-state index is -4.12. The van der Waals surface area contributed by atoms with Gasteiger partial charge in [0.05, 0.1) is 0 Å². The molecule has 0 aromatic heterocycles. The van der Waals surface area contributed by atoms with Crippen LogP contribution in [0.1, 0.15) is 25.7 Å². The molecule has 0 aromatic rings. The van der Waals surface area contributed by atoms with Gasteiger partial charge in [0.2, 0.25) is 0 Å². The molecule has 0 aromatic carbocycles. The zero-order valence-corrected chi connectivity index (χ0v) is 10.4. The molecule has 0 bridgehead atoms. The molecule has 0 radical (unpaired) electrons. The van der Waals surface area contributed by atoms with Crippen molar-refractivity contribution in [1.29, 1.82) is 0 Å². The Kier molecular flexibility index (Phi) is 3.89. The molecule has 0 aliphatic heterocycles. The van der Waals surface area contributed by atoms with Crippen LogP contribution in [0.25, 0.3) is 0 Å². The molecule has 0 saturated heterocycles. The second kappa shape index (κ2) is 4.28.